The Hall–Kier alpha value is -3.37. The molecule has 2 aromatic rings. The van der Waals surface area contributed by atoms with Crippen molar-refractivity contribution in [1.29, 1.82) is 0 Å². The van der Waals surface area contributed by atoms with E-state index in [9.17, 15) is 35.9 Å². The first-order valence-electron chi connectivity index (χ1n) is 8.71. The van der Waals surface area contributed by atoms with Gasteiger partial charge >= 0.3 is 6.18 Å². The molecule has 0 atom stereocenters. The van der Waals surface area contributed by atoms with Crippen LogP contribution in [0.1, 0.15) is 42.5 Å². The van der Waals surface area contributed by atoms with Crippen LogP contribution in [-0.2, 0) is 6.18 Å². The van der Waals surface area contributed by atoms with E-state index in [2.05, 4.69) is 16.7 Å². The molecular weight excluding hydrogens is 428 g/mol. The van der Waals surface area contributed by atoms with E-state index >= 15 is 0 Å². The molecule has 0 saturated carbocycles. The van der Waals surface area contributed by atoms with Crippen molar-refractivity contribution in [3.05, 3.63) is 80.3 Å². The second-order valence-electron chi connectivity index (χ2n) is 6.65. The fraction of sp³-hybridized carbons (Fsp3) is 0.250. The van der Waals surface area contributed by atoms with Crippen molar-refractivity contribution in [3.8, 4) is 5.69 Å². The number of allylic oxidation sites excluding steroid dienone is 5. The largest absolute Gasteiger partial charge is 0.436 e. The van der Waals surface area contributed by atoms with Gasteiger partial charge in [-0.15, -0.1) is 0 Å². The van der Waals surface area contributed by atoms with Gasteiger partial charge < -0.3 is 0 Å². The first-order chi connectivity index (χ1) is 14.2. The van der Waals surface area contributed by atoms with Gasteiger partial charge in [0, 0.05) is 11.3 Å². The first kappa shape index (κ1) is 23.9. The fourth-order valence-electron chi connectivity index (χ4n) is 3.03. The van der Waals surface area contributed by atoms with Gasteiger partial charge in [0.15, 0.2) is 11.5 Å². The SMILES string of the molecule is C=C(C)/C(C(=O)c1c(C)[nH]n(-c2c(F)c(F)nc(C(F)(F)F)c2F)c1=O)=C(C)\C=C/C. The highest BCUT2D eigenvalue weighted by Gasteiger charge is 2.40. The Morgan fingerprint density at radius 1 is 1.16 bits per heavy atom. The summed E-state index contributed by atoms with van der Waals surface area (Å²) in [6.45, 7) is 9.61. The first-order valence-corrected chi connectivity index (χ1v) is 8.71. The predicted molar refractivity (Wildman–Crippen MR) is 100 cm³/mol. The molecule has 0 aliphatic heterocycles. The summed E-state index contributed by atoms with van der Waals surface area (Å²) in [5, 5.41) is 2.13. The Morgan fingerprint density at radius 3 is 2.23 bits per heavy atom. The van der Waals surface area contributed by atoms with Gasteiger partial charge in [0.2, 0.25) is 11.6 Å². The van der Waals surface area contributed by atoms with Crippen molar-refractivity contribution < 1.29 is 31.1 Å². The van der Waals surface area contributed by atoms with Gasteiger partial charge in [0.05, 0.1) is 0 Å². The maximum atomic E-state index is 14.4. The Morgan fingerprint density at radius 2 is 1.74 bits per heavy atom. The number of halogens is 6. The van der Waals surface area contributed by atoms with E-state index in [4.69, 9.17) is 0 Å². The van der Waals surface area contributed by atoms with Gasteiger partial charge in [-0.25, -0.2) is 14.1 Å². The third kappa shape index (κ3) is 4.25. The zero-order valence-electron chi connectivity index (χ0n) is 16.8. The number of ketones is 1. The molecule has 0 amide bonds. The van der Waals surface area contributed by atoms with Crippen LogP contribution in [0, 0.1) is 24.5 Å². The smallest absolute Gasteiger partial charge is 0.294 e. The van der Waals surface area contributed by atoms with E-state index in [1.807, 2.05) is 0 Å². The lowest BCUT2D eigenvalue weighted by Gasteiger charge is -2.12. The molecule has 2 rings (SSSR count). The van der Waals surface area contributed by atoms with Gasteiger partial charge in [-0.3, -0.25) is 14.7 Å². The lowest BCUT2D eigenvalue weighted by atomic mass is 9.94. The molecule has 0 aliphatic rings. The highest BCUT2D eigenvalue weighted by Crippen LogP contribution is 2.33. The number of pyridine rings is 1. The van der Waals surface area contributed by atoms with Crippen molar-refractivity contribution in [2.75, 3.05) is 0 Å². The van der Waals surface area contributed by atoms with E-state index in [1.54, 1.807) is 26.0 Å². The molecule has 0 unspecified atom stereocenters. The minimum Gasteiger partial charge on any atom is -0.294 e. The monoisotopic (exact) mass is 445 g/mol. The zero-order valence-corrected chi connectivity index (χ0v) is 16.8. The van der Waals surface area contributed by atoms with Crippen LogP contribution in [0.3, 0.4) is 0 Å². The second kappa shape index (κ2) is 8.40. The number of alkyl halides is 3. The van der Waals surface area contributed by atoms with E-state index in [0.717, 1.165) is 0 Å². The Kier molecular flexibility index (Phi) is 6.48. The number of hydrogen-bond acceptors (Lipinski definition) is 3. The van der Waals surface area contributed by atoms with Crippen molar-refractivity contribution in [2.24, 2.45) is 0 Å². The molecule has 0 fully saturated rings. The number of nitrogens with zero attached hydrogens (tertiary/aromatic N) is 2. The zero-order chi connectivity index (χ0) is 23.8. The quantitative estimate of drug-likeness (QED) is 0.233. The summed E-state index contributed by atoms with van der Waals surface area (Å²) in [5.41, 5.74) is -5.44. The summed E-state index contributed by atoms with van der Waals surface area (Å²) >= 11 is 0. The van der Waals surface area contributed by atoms with E-state index in [1.165, 1.54) is 13.8 Å². The summed E-state index contributed by atoms with van der Waals surface area (Å²) in [6.07, 6.45) is -2.27. The minimum absolute atomic E-state index is 0.00820. The molecule has 0 spiro atoms. The number of carbonyl (C=O) groups excluding carboxylic acids is 1. The fourth-order valence-corrected chi connectivity index (χ4v) is 3.03. The van der Waals surface area contributed by atoms with Crippen molar-refractivity contribution >= 4 is 5.78 Å². The van der Waals surface area contributed by atoms with E-state index in [0.29, 0.717) is 5.57 Å². The summed E-state index contributed by atoms with van der Waals surface area (Å²) < 4.78 is 81.2. The topological polar surface area (TPSA) is 67.8 Å². The molecule has 0 saturated heterocycles. The average molecular weight is 445 g/mol. The minimum atomic E-state index is -5.46. The maximum Gasteiger partial charge on any atom is 0.436 e. The van der Waals surface area contributed by atoms with Crippen LogP contribution in [-0.4, -0.2) is 20.5 Å². The van der Waals surface area contributed by atoms with Crippen LogP contribution in [0.25, 0.3) is 5.69 Å². The maximum absolute atomic E-state index is 14.4. The predicted octanol–water partition coefficient (Wildman–Crippen LogP) is 4.96. The number of Topliss-reactive ketones (excluding diaryl/α,β-unsaturated/α-hetero) is 1. The Balaban J connectivity index is 2.86. The summed E-state index contributed by atoms with van der Waals surface area (Å²) in [7, 11) is 0. The highest BCUT2D eigenvalue weighted by atomic mass is 19.4. The second-order valence-corrected chi connectivity index (χ2v) is 6.65. The Labute approximate surface area is 172 Å². The standard InChI is InChI=1S/C20H17F6N3O2/c1-6-7-9(4)11(8(2)3)16(30)12-10(5)28-29(19(12)31)15-13(21)17(20(24,25)26)27-18(23)14(15)22/h6-7,28H,2H2,1,3-5H3/b7-6-,11-9+. The van der Waals surface area contributed by atoms with Crippen LogP contribution in [0.15, 0.2) is 40.2 Å². The molecular formula is C20H17F6N3O2. The number of rotatable bonds is 5. The van der Waals surface area contributed by atoms with Gasteiger partial charge in [-0.1, -0.05) is 18.7 Å². The molecule has 0 aliphatic carbocycles. The molecule has 0 radical (unpaired) electrons. The number of aryl methyl sites for hydroxylation is 1. The number of nitrogens with one attached hydrogen (secondary N) is 1. The van der Waals surface area contributed by atoms with Crippen molar-refractivity contribution in [1.82, 2.24) is 14.8 Å². The average Bonchev–Trinajstić information content (AvgIpc) is 2.91. The molecule has 2 aromatic heterocycles. The molecule has 31 heavy (non-hydrogen) atoms. The van der Waals surface area contributed by atoms with Crippen LogP contribution >= 0.6 is 0 Å². The number of aromatic nitrogens is 3. The van der Waals surface area contributed by atoms with Crippen LogP contribution in [0.5, 0.6) is 0 Å². The third-order valence-electron chi connectivity index (χ3n) is 4.27. The number of H-pyrrole nitrogens is 1. The van der Waals surface area contributed by atoms with E-state index in [-0.39, 0.29) is 21.5 Å². The van der Waals surface area contributed by atoms with Gasteiger partial charge in [-0.2, -0.15) is 22.0 Å². The van der Waals surface area contributed by atoms with Crippen LogP contribution in [0.2, 0.25) is 0 Å². The molecule has 0 bridgehead atoms. The van der Waals surface area contributed by atoms with Crippen molar-refractivity contribution in [3.63, 3.8) is 0 Å². The summed E-state index contributed by atoms with van der Waals surface area (Å²) in [4.78, 5) is 28.1. The number of aromatic amines is 1. The highest BCUT2D eigenvalue weighted by molar-refractivity contribution is 6.12. The van der Waals surface area contributed by atoms with Gasteiger partial charge in [0.25, 0.3) is 11.5 Å². The van der Waals surface area contributed by atoms with Gasteiger partial charge in [0.1, 0.15) is 11.3 Å². The van der Waals surface area contributed by atoms with Gasteiger partial charge in [-0.05, 0) is 38.8 Å². The lowest BCUT2D eigenvalue weighted by Crippen LogP contribution is -2.26. The normalized spacial score (nSPS) is 13.0. The summed E-state index contributed by atoms with van der Waals surface area (Å²) in [6, 6.07) is 0. The van der Waals surface area contributed by atoms with Crippen LogP contribution in [0.4, 0.5) is 26.3 Å². The van der Waals surface area contributed by atoms with E-state index < -0.39 is 52.0 Å². The Bertz CT molecular complexity index is 1200. The molecule has 2 heterocycles. The van der Waals surface area contributed by atoms with Crippen molar-refractivity contribution in [2.45, 2.75) is 33.9 Å². The number of carbonyl (C=O) groups is 1. The summed E-state index contributed by atoms with van der Waals surface area (Å²) in [5.74, 6) is -7.57. The molecule has 166 valence electrons. The molecule has 11 heteroatoms. The molecule has 0 aromatic carbocycles. The third-order valence-corrected chi connectivity index (χ3v) is 4.27. The number of hydrogen-bond donors (Lipinski definition) is 1. The molecule has 1 N–H and O–H groups in total. The van der Waals surface area contributed by atoms with Crippen LogP contribution < -0.4 is 5.56 Å². The lowest BCUT2D eigenvalue weighted by molar-refractivity contribution is -0.144. The molecule has 5 nitrogen and oxygen atoms in total.